The minimum Gasteiger partial charge on any atom is -0.469 e. The number of carbonyl (C=O) groups is 1. The van der Waals surface area contributed by atoms with Gasteiger partial charge in [-0.05, 0) is 38.5 Å². The zero-order chi connectivity index (χ0) is 18.4. The standard InChI is InChI=1S/C22H32O3/c1-25-22(24)20-18-16-14-12-10-8-6-4-2-3-5-7-9-11-13-15-17-19-21-23/h2-3,6-9,12,14,23H,4-5,10-11,16-21H2,1H3/b3-2+,8-6+,9-7+,14-12+. The number of hydrogen-bond donors (Lipinski definition) is 1. The van der Waals surface area contributed by atoms with E-state index >= 15 is 0 Å². The molecule has 0 bridgehead atoms. The topological polar surface area (TPSA) is 46.5 Å². The lowest BCUT2D eigenvalue weighted by Gasteiger charge is -1.95. The summed E-state index contributed by atoms with van der Waals surface area (Å²) in [5.41, 5.74) is 0. The first-order chi connectivity index (χ1) is 12.3. The molecule has 0 saturated carbocycles. The smallest absolute Gasteiger partial charge is 0.305 e. The molecule has 0 amide bonds. The number of esters is 1. The second kappa shape index (κ2) is 20.0. The molecule has 0 aliphatic carbocycles. The van der Waals surface area contributed by atoms with Gasteiger partial charge >= 0.3 is 5.97 Å². The summed E-state index contributed by atoms with van der Waals surface area (Å²) in [5.74, 6) is 5.95. The van der Waals surface area contributed by atoms with Crippen molar-refractivity contribution in [1.29, 1.82) is 0 Å². The maximum atomic E-state index is 10.9. The van der Waals surface area contributed by atoms with E-state index in [1.165, 1.54) is 7.11 Å². The highest BCUT2D eigenvalue weighted by atomic mass is 16.5. The molecule has 0 unspecified atom stereocenters. The van der Waals surface area contributed by atoms with Gasteiger partial charge in [0.25, 0.3) is 0 Å². The molecule has 0 heterocycles. The fraction of sp³-hybridized carbons (Fsp3) is 0.500. The van der Waals surface area contributed by atoms with Gasteiger partial charge in [0.2, 0.25) is 0 Å². The summed E-state index contributed by atoms with van der Waals surface area (Å²) in [6.07, 6.45) is 24.5. The van der Waals surface area contributed by atoms with Gasteiger partial charge in [0.1, 0.15) is 0 Å². The molecule has 0 atom stereocenters. The Balaban J connectivity index is 3.50. The number of hydrogen-bond acceptors (Lipinski definition) is 3. The van der Waals surface area contributed by atoms with E-state index in [2.05, 4.69) is 65.2 Å². The van der Waals surface area contributed by atoms with Gasteiger partial charge in [0, 0.05) is 25.9 Å². The normalized spacial score (nSPS) is 11.6. The molecule has 0 aromatic carbocycles. The van der Waals surface area contributed by atoms with Crippen LogP contribution in [0.15, 0.2) is 48.6 Å². The fourth-order valence-corrected chi connectivity index (χ4v) is 1.87. The molecule has 0 aliphatic rings. The van der Waals surface area contributed by atoms with Gasteiger partial charge in [0.15, 0.2) is 0 Å². The molecular formula is C22H32O3. The van der Waals surface area contributed by atoms with Crippen LogP contribution < -0.4 is 0 Å². The highest BCUT2D eigenvalue weighted by Crippen LogP contribution is 2.00. The minimum absolute atomic E-state index is 0.138. The van der Waals surface area contributed by atoms with Crippen LogP contribution in [0.4, 0.5) is 0 Å². The third-order valence-corrected chi connectivity index (χ3v) is 3.27. The van der Waals surface area contributed by atoms with Crippen molar-refractivity contribution in [2.24, 2.45) is 0 Å². The van der Waals surface area contributed by atoms with Crippen molar-refractivity contribution in [2.45, 2.75) is 57.8 Å². The van der Waals surface area contributed by atoms with Crippen LogP contribution in [0.2, 0.25) is 0 Å². The first-order valence-corrected chi connectivity index (χ1v) is 9.04. The predicted octanol–water partition coefficient (Wildman–Crippen LogP) is 4.89. The Bertz CT molecular complexity index is 487. The first-order valence-electron chi connectivity index (χ1n) is 9.04. The van der Waals surface area contributed by atoms with E-state index in [1.807, 2.05) is 0 Å². The molecule has 3 heteroatoms. The van der Waals surface area contributed by atoms with E-state index in [4.69, 9.17) is 5.11 Å². The molecule has 138 valence electrons. The van der Waals surface area contributed by atoms with Crippen molar-refractivity contribution in [1.82, 2.24) is 0 Å². The van der Waals surface area contributed by atoms with Gasteiger partial charge in [-0.3, -0.25) is 4.79 Å². The van der Waals surface area contributed by atoms with Crippen LogP contribution in [-0.2, 0) is 9.53 Å². The zero-order valence-electron chi connectivity index (χ0n) is 15.5. The Morgan fingerprint density at radius 1 is 0.880 bits per heavy atom. The number of aliphatic hydroxyl groups is 1. The lowest BCUT2D eigenvalue weighted by Crippen LogP contribution is -1.98. The molecular weight excluding hydrogens is 312 g/mol. The van der Waals surface area contributed by atoms with Gasteiger partial charge in [-0.25, -0.2) is 0 Å². The van der Waals surface area contributed by atoms with Gasteiger partial charge < -0.3 is 9.84 Å². The van der Waals surface area contributed by atoms with Gasteiger partial charge in [-0.15, -0.1) is 5.92 Å². The number of unbranched alkanes of at least 4 members (excludes halogenated alkanes) is 2. The molecule has 25 heavy (non-hydrogen) atoms. The fourth-order valence-electron chi connectivity index (χ4n) is 1.87. The summed E-state index contributed by atoms with van der Waals surface area (Å²) in [4.78, 5) is 10.9. The summed E-state index contributed by atoms with van der Waals surface area (Å²) in [7, 11) is 1.42. The summed E-state index contributed by atoms with van der Waals surface area (Å²) in [6, 6.07) is 0. The van der Waals surface area contributed by atoms with Crippen molar-refractivity contribution in [3.63, 3.8) is 0 Å². The summed E-state index contributed by atoms with van der Waals surface area (Å²) in [6.45, 7) is 0.219. The maximum absolute atomic E-state index is 10.9. The lowest BCUT2D eigenvalue weighted by molar-refractivity contribution is -0.140. The quantitative estimate of drug-likeness (QED) is 0.224. The average molecular weight is 344 g/mol. The van der Waals surface area contributed by atoms with Gasteiger partial charge in [0.05, 0.1) is 7.11 Å². The highest BCUT2D eigenvalue weighted by molar-refractivity contribution is 5.69. The van der Waals surface area contributed by atoms with Crippen LogP contribution in [0.3, 0.4) is 0 Å². The molecule has 0 fully saturated rings. The average Bonchev–Trinajstić information content (AvgIpc) is 2.63. The van der Waals surface area contributed by atoms with Crippen molar-refractivity contribution in [3.05, 3.63) is 48.6 Å². The zero-order valence-corrected chi connectivity index (χ0v) is 15.5. The number of rotatable bonds is 13. The van der Waals surface area contributed by atoms with E-state index in [-0.39, 0.29) is 12.6 Å². The van der Waals surface area contributed by atoms with Crippen molar-refractivity contribution in [2.75, 3.05) is 13.7 Å². The van der Waals surface area contributed by atoms with Crippen LogP contribution in [0.1, 0.15) is 57.8 Å². The summed E-state index contributed by atoms with van der Waals surface area (Å²) < 4.78 is 4.59. The Kier molecular flexibility index (Phi) is 18.4. The lowest BCUT2D eigenvalue weighted by atomic mass is 10.2. The predicted molar refractivity (Wildman–Crippen MR) is 105 cm³/mol. The Morgan fingerprint density at radius 3 is 2.08 bits per heavy atom. The highest BCUT2D eigenvalue weighted by Gasteiger charge is 1.96. The SMILES string of the molecule is COC(=O)CCC/C=C/C/C=C/C/C=C/C/C=C/CC#CCCCO. The van der Waals surface area contributed by atoms with Crippen LogP contribution >= 0.6 is 0 Å². The maximum Gasteiger partial charge on any atom is 0.305 e. The third-order valence-electron chi connectivity index (χ3n) is 3.27. The molecule has 0 saturated heterocycles. The summed E-state index contributed by atoms with van der Waals surface area (Å²) in [5, 5.41) is 8.61. The van der Waals surface area contributed by atoms with Crippen LogP contribution in [0, 0.1) is 11.8 Å². The Labute approximate surface area is 153 Å². The monoisotopic (exact) mass is 344 g/mol. The van der Waals surface area contributed by atoms with E-state index in [0.29, 0.717) is 6.42 Å². The third kappa shape index (κ3) is 19.9. The van der Waals surface area contributed by atoms with Crippen LogP contribution in [0.25, 0.3) is 0 Å². The van der Waals surface area contributed by atoms with Crippen LogP contribution in [-0.4, -0.2) is 24.8 Å². The molecule has 0 aliphatic heterocycles. The number of allylic oxidation sites excluding steroid dienone is 8. The molecule has 3 nitrogen and oxygen atoms in total. The van der Waals surface area contributed by atoms with E-state index in [1.54, 1.807) is 0 Å². The molecule has 0 rings (SSSR count). The Morgan fingerprint density at radius 2 is 1.48 bits per heavy atom. The molecule has 0 aromatic rings. The van der Waals surface area contributed by atoms with Gasteiger partial charge in [-0.2, -0.15) is 0 Å². The molecule has 0 radical (unpaired) electrons. The number of aliphatic hydroxyl groups excluding tert-OH is 1. The van der Waals surface area contributed by atoms with E-state index < -0.39 is 0 Å². The van der Waals surface area contributed by atoms with Crippen LogP contribution in [0.5, 0.6) is 0 Å². The molecule has 0 aromatic heterocycles. The second-order valence-corrected chi connectivity index (χ2v) is 5.45. The number of methoxy groups -OCH3 is 1. The largest absolute Gasteiger partial charge is 0.469 e. The molecule has 1 N–H and O–H groups in total. The minimum atomic E-state index is -0.138. The molecule has 0 spiro atoms. The Hall–Kier alpha value is -2.05. The number of ether oxygens (including phenoxy) is 1. The van der Waals surface area contributed by atoms with E-state index in [0.717, 1.165) is 51.4 Å². The summed E-state index contributed by atoms with van der Waals surface area (Å²) >= 11 is 0. The van der Waals surface area contributed by atoms with Crippen molar-refractivity contribution < 1.29 is 14.6 Å². The van der Waals surface area contributed by atoms with E-state index in [9.17, 15) is 4.79 Å². The second-order valence-electron chi connectivity index (χ2n) is 5.45. The van der Waals surface area contributed by atoms with Gasteiger partial charge in [-0.1, -0.05) is 54.5 Å². The first kappa shape index (κ1) is 22.9. The van der Waals surface area contributed by atoms with Crippen molar-refractivity contribution >= 4 is 5.97 Å². The van der Waals surface area contributed by atoms with Crippen molar-refractivity contribution in [3.8, 4) is 11.8 Å². The number of carbonyl (C=O) groups excluding carboxylic acids is 1.